The fourth-order valence-electron chi connectivity index (χ4n) is 2.89. The number of rotatable bonds is 6. The normalized spacial score (nSPS) is 10.7. The fourth-order valence-corrected chi connectivity index (χ4v) is 2.89. The van der Waals surface area contributed by atoms with Crippen LogP contribution in [-0.2, 0) is 6.54 Å². The van der Waals surface area contributed by atoms with E-state index in [0.717, 1.165) is 35.0 Å². The zero-order valence-electron chi connectivity index (χ0n) is 13.9. The number of anilines is 2. The third-order valence-electron chi connectivity index (χ3n) is 4.08. The van der Waals surface area contributed by atoms with Crippen molar-refractivity contribution in [1.82, 2.24) is 4.98 Å². The molecule has 2 N–H and O–H groups in total. The molecule has 0 atom stereocenters. The number of nitrogens with one attached hydrogen (secondary N) is 2. The van der Waals surface area contributed by atoms with Crippen LogP contribution in [0, 0.1) is 0 Å². The zero-order valence-corrected chi connectivity index (χ0v) is 13.9. The van der Waals surface area contributed by atoms with E-state index in [9.17, 15) is 0 Å². The molecule has 0 radical (unpaired) electrons. The molecule has 0 saturated heterocycles. The number of aromatic amines is 1. The molecule has 4 rings (SSSR count). The third kappa shape index (κ3) is 3.48. The molecular weight excluding hydrogens is 310 g/mol. The van der Waals surface area contributed by atoms with Crippen LogP contribution in [0.5, 0.6) is 5.75 Å². The summed E-state index contributed by atoms with van der Waals surface area (Å²) < 4.78 is 8.08. The van der Waals surface area contributed by atoms with Crippen LogP contribution in [0.15, 0.2) is 84.9 Å². The first-order chi connectivity index (χ1) is 12.4. The fraction of sp³-hybridized carbons (Fsp3) is 0.0952. The van der Waals surface area contributed by atoms with Gasteiger partial charge in [0.1, 0.15) is 29.9 Å². The van der Waals surface area contributed by atoms with Crippen LogP contribution < -0.4 is 14.6 Å². The lowest BCUT2D eigenvalue weighted by Crippen LogP contribution is -2.38. The Balaban J connectivity index is 1.58. The van der Waals surface area contributed by atoms with E-state index in [0.29, 0.717) is 6.61 Å². The number of benzene rings is 3. The number of ether oxygens (including phenoxy) is 1. The highest BCUT2D eigenvalue weighted by Gasteiger charge is 2.17. The first-order valence-electron chi connectivity index (χ1n) is 8.40. The highest BCUT2D eigenvalue weighted by atomic mass is 16.5. The Morgan fingerprint density at radius 1 is 0.800 bits per heavy atom. The van der Waals surface area contributed by atoms with Crippen molar-refractivity contribution in [2.45, 2.75) is 6.54 Å². The maximum absolute atomic E-state index is 5.87. The number of H-pyrrole nitrogens is 1. The van der Waals surface area contributed by atoms with Crippen LogP contribution >= 0.6 is 0 Å². The summed E-state index contributed by atoms with van der Waals surface area (Å²) >= 11 is 0. The Kier molecular flexibility index (Phi) is 4.33. The van der Waals surface area contributed by atoms with Crippen molar-refractivity contribution in [2.75, 3.05) is 11.9 Å². The molecule has 0 aliphatic heterocycles. The molecule has 0 saturated carbocycles. The van der Waals surface area contributed by atoms with Crippen molar-refractivity contribution in [3.63, 3.8) is 0 Å². The van der Waals surface area contributed by atoms with E-state index < -0.39 is 0 Å². The maximum Gasteiger partial charge on any atom is 0.361 e. The van der Waals surface area contributed by atoms with Gasteiger partial charge in [-0.2, -0.15) is 0 Å². The predicted molar refractivity (Wildman–Crippen MR) is 100 cm³/mol. The number of aromatic nitrogens is 2. The van der Waals surface area contributed by atoms with Crippen molar-refractivity contribution in [2.24, 2.45) is 0 Å². The molecule has 0 aliphatic rings. The summed E-state index contributed by atoms with van der Waals surface area (Å²) in [6.45, 7) is 1.34. The van der Waals surface area contributed by atoms with Crippen LogP contribution in [0.25, 0.3) is 11.0 Å². The van der Waals surface area contributed by atoms with E-state index >= 15 is 0 Å². The summed E-state index contributed by atoms with van der Waals surface area (Å²) in [6, 6.07) is 28.4. The Morgan fingerprint density at radius 3 is 2.28 bits per heavy atom. The van der Waals surface area contributed by atoms with Gasteiger partial charge in [-0.25, -0.2) is 14.9 Å². The molecular formula is C21H20N3O+. The first kappa shape index (κ1) is 15.3. The lowest BCUT2D eigenvalue weighted by atomic mass is 10.3. The van der Waals surface area contributed by atoms with Crippen molar-refractivity contribution < 1.29 is 9.30 Å². The zero-order chi connectivity index (χ0) is 16.9. The first-order valence-corrected chi connectivity index (χ1v) is 8.40. The molecule has 0 bridgehead atoms. The molecule has 124 valence electrons. The molecule has 0 unspecified atom stereocenters. The molecule has 0 aliphatic carbocycles. The Hall–Kier alpha value is -3.27. The molecule has 0 amide bonds. The minimum Gasteiger partial charge on any atom is -0.490 e. The van der Waals surface area contributed by atoms with Crippen molar-refractivity contribution in [3.8, 4) is 5.75 Å². The third-order valence-corrected chi connectivity index (χ3v) is 4.08. The SMILES string of the molecule is c1ccc(Nc2[nH]c3ccccc3[n+]2CCOc2ccccc2)cc1. The average Bonchev–Trinajstić information content (AvgIpc) is 3.01. The molecule has 0 spiro atoms. The van der Waals surface area contributed by atoms with Crippen molar-refractivity contribution >= 4 is 22.7 Å². The van der Waals surface area contributed by atoms with Gasteiger partial charge in [-0.1, -0.05) is 48.5 Å². The van der Waals surface area contributed by atoms with Gasteiger partial charge in [0.25, 0.3) is 0 Å². The highest BCUT2D eigenvalue weighted by Crippen LogP contribution is 2.16. The Morgan fingerprint density at radius 2 is 1.48 bits per heavy atom. The van der Waals surface area contributed by atoms with Gasteiger partial charge in [0.05, 0.1) is 5.69 Å². The number of imidazole rings is 1. The molecule has 3 aromatic carbocycles. The quantitative estimate of drug-likeness (QED) is 0.518. The smallest absolute Gasteiger partial charge is 0.361 e. The van der Waals surface area contributed by atoms with E-state index in [1.54, 1.807) is 0 Å². The minimum atomic E-state index is 0.597. The molecule has 4 heteroatoms. The molecule has 1 aromatic heterocycles. The van der Waals surface area contributed by atoms with Gasteiger partial charge >= 0.3 is 5.95 Å². The number of hydrogen-bond donors (Lipinski definition) is 2. The number of nitrogens with zero attached hydrogens (tertiary/aromatic N) is 1. The van der Waals surface area contributed by atoms with Gasteiger partial charge in [-0.15, -0.1) is 0 Å². The second-order valence-electron chi connectivity index (χ2n) is 5.79. The lowest BCUT2D eigenvalue weighted by Gasteiger charge is -2.07. The molecule has 25 heavy (non-hydrogen) atoms. The number of hydrogen-bond acceptors (Lipinski definition) is 2. The van der Waals surface area contributed by atoms with Crippen LogP contribution in [0.3, 0.4) is 0 Å². The molecule has 4 aromatic rings. The highest BCUT2D eigenvalue weighted by molar-refractivity contribution is 5.73. The summed E-state index contributed by atoms with van der Waals surface area (Å²) in [6.07, 6.45) is 0. The summed E-state index contributed by atoms with van der Waals surface area (Å²) in [5.74, 6) is 1.84. The second-order valence-corrected chi connectivity index (χ2v) is 5.79. The number of para-hydroxylation sites is 4. The molecule has 1 heterocycles. The van der Waals surface area contributed by atoms with Crippen molar-refractivity contribution in [1.29, 1.82) is 0 Å². The number of fused-ring (bicyclic) bond motifs is 1. The lowest BCUT2D eigenvalue weighted by molar-refractivity contribution is -0.657. The maximum atomic E-state index is 5.87. The second kappa shape index (κ2) is 7.09. The summed E-state index contributed by atoms with van der Waals surface area (Å²) in [7, 11) is 0. The van der Waals surface area contributed by atoms with Crippen LogP contribution in [0.1, 0.15) is 0 Å². The monoisotopic (exact) mass is 330 g/mol. The molecule has 4 nitrogen and oxygen atoms in total. The molecule has 0 fully saturated rings. The topological polar surface area (TPSA) is 40.9 Å². The average molecular weight is 330 g/mol. The van der Waals surface area contributed by atoms with Crippen molar-refractivity contribution in [3.05, 3.63) is 84.9 Å². The van der Waals surface area contributed by atoms with Gasteiger partial charge in [-0.05, 0) is 36.4 Å². The van der Waals surface area contributed by atoms with E-state index in [4.69, 9.17) is 4.74 Å². The van der Waals surface area contributed by atoms with E-state index in [1.807, 2.05) is 54.6 Å². The Bertz CT molecular complexity index is 949. The van der Waals surface area contributed by atoms with Crippen LogP contribution in [-0.4, -0.2) is 11.6 Å². The van der Waals surface area contributed by atoms with Gasteiger partial charge in [0, 0.05) is 0 Å². The van der Waals surface area contributed by atoms with Gasteiger partial charge in [0.15, 0.2) is 0 Å². The summed E-state index contributed by atoms with van der Waals surface area (Å²) in [4.78, 5) is 3.46. The van der Waals surface area contributed by atoms with Gasteiger partial charge < -0.3 is 4.74 Å². The van der Waals surface area contributed by atoms with Gasteiger partial charge in [-0.3, -0.25) is 0 Å². The van der Waals surface area contributed by atoms with E-state index in [1.165, 1.54) is 0 Å². The largest absolute Gasteiger partial charge is 0.490 e. The van der Waals surface area contributed by atoms with Crippen LogP contribution in [0.2, 0.25) is 0 Å². The standard InChI is InChI=1S/C21H19N3O/c1-3-9-17(10-4-1)22-21-23-19-13-7-8-14-20(19)24(21)15-16-25-18-11-5-2-6-12-18/h1-14H,15-16H2,(H,22,23)/p+1. The minimum absolute atomic E-state index is 0.597. The predicted octanol–water partition coefficient (Wildman–Crippen LogP) is 4.28. The van der Waals surface area contributed by atoms with Crippen LogP contribution in [0.4, 0.5) is 11.6 Å². The summed E-state index contributed by atoms with van der Waals surface area (Å²) in [5.41, 5.74) is 3.30. The van der Waals surface area contributed by atoms with E-state index in [2.05, 4.69) is 45.2 Å². The summed E-state index contributed by atoms with van der Waals surface area (Å²) in [5, 5.41) is 3.46. The van der Waals surface area contributed by atoms with Gasteiger partial charge in [0.2, 0.25) is 0 Å². The Labute approximate surface area is 146 Å². The van der Waals surface area contributed by atoms with E-state index in [-0.39, 0.29) is 0 Å².